The van der Waals surface area contributed by atoms with Crippen LogP contribution in [0.1, 0.15) is 59.8 Å². The lowest BCUT2D eigenvalue weighted by Gasteiger charge is -2.30. The van der Waals surface area contributed by atoms with Crippen LogP contribution >= 0.6 is 0 Å². The molecule has 0 radical (unpaired) electrons. The molecule has 0 spiro atoms. The number of ether oxygens (including phenoxy) is 2. The molecular weight excluding hydrogens is 242 g/mol. The highest BCUT2D eigenvalue weighted by Gasteiger charge is 2.25. The summed E-state index contributed by atoms with van der Waals surface area (Å²) in [5, 5.41) is 2.92. The number of hydrogen-bond donors (Lipinski definition) is 1. The van der Waals surface area contributed by atoms with Crippen molar-refractivity contribution < 1.29 is 14.3 Å². The largest absolute Gasteiger partial charge is 0.495 e. The van der Waals surface area contributed by atoms with E-state index in [0.29, 0.717) is 0 Å². The van der Waals surface area contributed by atoms with Crippen LogP contribution in [-0.2, 0) is 9.47 Å². The number of amides is 1. The van der Waals surface area contributed by atoms with Gasteiger partial charge in [-0.1, -0.05) is 13.5 Å². The van der Waals surface area contributed by atoms with Gasteiger partial charge in [-0.3, -0.25) is 0 Å². The number of nitrogens with one attached hydrogen (secondary N) is 1. The second kappa shape index (κ2) is 6.83. The molecule has 4 nitrogen and oxygen atoms in total. The quantitative estimate of drug-likeness (QED) is 0.790. The van der Waals surface area contributed by atoms with Crippen LogP contribution < -0.4 is 5.32 Å². The fourth-order valence-corrected chi connectivity index (χ4v) is 2.12. The summed E-state index contributed by atoms with van der Waals surface area (Å²) in [5.74, 6) is 0.851. The van der Waals surface area contributed by atoms with Crippen LogP contribution in [0.2, 0.25) is 0 Å². The Morgan fingerprint density at radius 2 is 1.84 bits per heavy atom. The molecule has 0 atom stereocenters. The van der Waals surface area contributed by atoms with Gasteiger partial charge in [0.1, 0.15) is 5.60 Å². The van der Waals surface area contributed by atoms with E-state index in [9.17, 15) is 4.79 Å². The molecule has 1 aliphatic carbocycles. The fourth-order valence-electron chi connectivity index (χ4n) is 2.12. The van der Waals surface area contributed by atoms with E-state index in [1.807, 2.05) is 27.7 Å². The van der Waals surface area contributed by atoms with Gasteiger partial charge in [0.2, 0.25) is 0 Å². The lowest BCUT2D eigenvalue weighted by atomic mass is 9.93. The molecule has 1 fully saturated rings. The maximum Gasteiger partial charge on any atom is 0.407 e. The topological polar surface area (TPSA) is 47.6 Å². The predicted molar refractivity (Wildman–Crippen MR) is 75.9 cm³/mol. The van der Waals surface area contributed by atoms with Crippen LogP contribution in [0.4, 0.5) is 4.79 Å². The van der Waals surface area contributed by atoms with Gasteiger partial charge in [-0.2, -0.15) is 0 Å². The normalized spacial score (nSPS) is 23.6. The summed E-state index contributed by atoms with van der Waals surface area (Å²) < 4.78 is 11.0. The number of hydrogen-bond acceptors (Lipinski definition) is 3. The fraction of sp³-hybridized carbons (Fsp3) is 0.800. The average molecular weight is 269 g/mol. The maximum atomic E-state index is 11.7. The van der Waals surface area contributed by atoms with Crippen LogP contribution in [0, 0.1) is 0 Å². The summed E-state index contributed by atoms with van der Waals surface area (Å²) in [5.41, 5.74) is -0.441. The van der Waals surface area contributed by atoms with Crippen molar-refractivity contribution >= 4 is 6.09 Å². The minimum Gasteiger partial charge on any atom is -0.495 e. The lowest BCUT2D eigenvalue weighted by molar-refractivity contribution is 0.0419. The van der Waals surface area contributed by atoms with E-state index in [2.05, 4.69) is 11.9 Å². The SMILES string of the molecule is C=C(CC)OC1CCC(NC(=O)OC(C)(C)C)CC1. The smallest absolute Gasteiger partial charge is 0.407 e. The molecule has 1 amide bonds. The Morgan fingerprint density at radius 3 is 2.32 bits per heavy atom. The van der Waals surface area contributed by atoms with Crippen LogP contribution in [0.5, 0.6) is 0 Å². The number of allylic oxidation sites excluding steroid dienone is 1. The van der Waals surface area contributed by atoms with E-state index in [1.54, 1.807) is 0 Å². The van der Waals surface area contributed by atoms with Gasteiger partial charge in [0, 0.05) is 12.5 Å². The third kappa shape index (κ3) is 6.50. The van der Waals surface area contributed by atoms with Gasteiger partial charge in [-0.15, -0.1) is 0 Å². The molecule has 0 aromatic carbocycles. The van der Waals surface area contributed by atoms with Crippen molar-refractivity contribution in [2.75, 3.05) is 0 Å². The van der Waals surface area contributed by atoms with Gasteiger partial charge in [0.15, 0.2) is 0 Å². The zero-order chi connectivity index (χ0) is 14.5. The van der Waals surface area contributed by atoms with Crippen molar-refractivity contribution in [3.8, 4) is 0 Å². The molecule has 0 aromatic rings. The third-order valence-electron chi connectivity index (χ3n) is 3.12. The Labute approximate surface area is 116 Å². The highest BCUT2D eigenvalue weighted by atomic mass is 16.6. The average Bonchev–Trinajstić information content (AvgIpc) is 2.29. The molecular formula is C15H27NO3. The Morgan fingerprint density at radius 1 is 1.26 bits per heavy atom. The summed E-state index contributed by atoms with van der Waals surface area (Å²) in [4.78, 5) is 11.7. The molecule has 0 heterocycles. The molecule has 0 aliphatic heterocycles. The number of rotatable bonds is 4. The zero-order valence-electron chi connectivity index (χ0n) is 12.6. The number of carbonyl (C=O) groups excluding carboxylic acids is 1. The molecule has 1 rings (SSSR count). The van der Waals surface area contributed by atoms with Gasteiger partial charge in [-0.05, 0) is 46.5 Å². The van der Waals surface area contributed by atoms with E-state index in [-0.39, 0.29) is 18.2 Å². The first-order valence-electron chi connectivity index (χ1n) is 7.14. The van der Waals surface area contributed by atoms with Crippen molar-refractivity contribution in [1.82, 2.24) is 5.32 Å². The van der Waals surface area contributed by atoms with E-state index >= 15 is 0 Å². The summed E-state index contributed by atoms with van der Waals surface area (Å²) in [6.07, 6.45) is 4.57. The molecule has 4 heteroatoms. The predicted octanol–water partition coefficient (Wildman–Crippen LogP) is 3.76. The first-order valence-corrected chi connectivity index (χ1v) is 7.14. The monoisotopic (exact) mass is 269 g/mol. The standard InChI is InChI=1S/C15H27NO3/c1-6-11(2)18-13-9-7-12(8-10-13)16-14(17)19-15(3,4)5/h12-13H,2,6-10H2,1,3-5H3,(H,16,17). The van der Waals surface area contributed by atoms with Crippen molar-refractivity contribution in [2.45, 2.75) is 77.5 Å². The minimum absolute atomic E-state index is 0.199. The number of carbonyl (C=O) groups is 1. The van der Waals surface area contributed by atoms with E-state index in [1.165, 1.54) is 0 Å². The van der Waals surface area contributed by atoms with Gasteiger partial charge in [0.05, 0.1) is 11.9 Å². The van der Waals surface area contributed by atoms with Crippen molar-refractivity contribution in [3.63, 3.8) is 0 Å². The number of alkyl carbamates (subject to hydrolysis) is 1. The van der Waals surface area contributed by atoms with Crippen LogP contribution in [0.25, 0.3) is 0 Å². The second-order valence-corrected chi connectivity index (χ2v) is 6.13. The highest BCUT2D eigenvalue weighted by molar-refractivity contribution is 5.68. The Bertz CT molecular complexity index is 312. The molecule has 1 saturated carbocycles. The van der Waals surface area contributed by atoms with Crippen molar-refractivity contribution in [3.05, 3.63) is 12.3 Å². The Kier molecular flexibility index (Phi) is 5.70. The van der Waals surface area contributed by atoms with Gasteiger partial charge in [-0.25, -0.2) is 4.79 Å². The third-order valence-corrected chi connectivity index (χ3v) is 3.12. The molecule has 19 heavy (non-hydrogen) atoms. The highest BCUT2D eigenvalue weighted by Crippen LogP contribution is 2.23. The molecule has 1 N–H and O–H groups in total. The van der Waals surface area contributed by atoms with E-state index < -0.39 is 5.60 Å². The van der Waals surface area contributed by atoms with E-state index in [0.717, 1.165) is 37.9 Å². The molecule has 0 aromatic heterocycles. The molecule has 0 unspecified atom stereocenters. The Balaban J connectivity index is 2.26. The second-order valence-electron chi connectivity index (χ2n) is 6.13. The molecule has 1 aliphatic rings. The van der Waals surface area contributed by atoms with Gasteiger partial charge >= 0.3 is 6.09 Å². The lowest BCUT2D eigenvalue weighted by Crippen LogP contribution is -2.41. The summed E-state index contributed by atoms with van der Waals surface area (Å²) in [6, 6.07) is 0.199. The minimum atomic E-state index is -0.441. The van der Waals surface area contributed by atoms with Crippen LogP contribution in [0.3, 0.4) is 0 Å². The molecule has 110 valence electrons. The first kappa shape index (κ1) is 15.9. The molecule has 0 saturated heterocycles. The molecule has 0 bridgehead atoms. The summed E-state index contributed by atoms with van der Waals surface area (Å²) >= 11 is 0. The van der Waals surface area contributed by atoms with E-state index in [4.69, 9.17) is 9.47 Å². The summed E-state index contributed by atoms with van der Waals surface area (Å²) in [7, 11) is 0. The van der Waals surface area contributed by atoms with Crippen LogP contribution in [-0.4, -0.2) is 23.8 Å². The Hall–Kier alpha value is -1.19. The first-order chi connectivity index (χ1) is 8.80. The van der Waals surface area contributed by atoms with Gasteiger partial charge in [0.25, 0.3) is 0 Å². The zero-order valence-corrected chi connectivity index (χ0v) is 12.6. The van der Waals surface area contributed by atoms with Gasteiger partial charge < -0.3 is 14.8 Å². The summed E-state index contributed by atoms with van der Waals surface area (Å²) in [6.45, 7) is 11.5. The maximum absolute atomic E-state index is 11.7. The van der Waals surface area contributed by atoms with Crippen molar-refractivity contribution in [1.29, 1.82) is 0 Å². The van der Waals surface area contributed by atoms with Crippen molar-refractivity contribution in [2.24, 2.45) is 0 Å². The van der Waals surface area contributed by atoms with Crippen LogP contribution in [0.15, 0.2) is 12.3 Å².